The van der Waals surface area contributed by atoms with Gasteiger partial charge in [0.1, 0.15) is 11.4 Å². The van der Waals surface area contributed by atoms with Gasteiger partial charge in [-0.2, -0.15) is 0 Å². The van der Waals surface area contributed by atoms with E-state index in [-0.39, 0.29) is 17.5 Å². The summed E-state index contributed by atoms with van der Waals surface area (Å²) in [6, 6.07) is 28.5. The Morgan fingerprint density at radius 3 is 2.37 bits per heavy atom. The van der Waals surface area contributed by atoms with Crippen molar-refractivity contribution in [3.63, 3.8) is 0 Å². The van der Waals surface area contributed by atoms with Gasteiger partial charge in [0, 0.05) is 17.1 Å². The maximum atomic E-state index is 13.8. The van der Waals surface area contributed by atoms with Gasteiger partial charge in [-0.25, -0.2) is 4.90 Å². The van der Waals surface area contributed by atoms with E-state index in [1.165, 1.54) is 4.90 Å². The molecule has 0 aromatic heterocycles. The fraction of sp³-hybridized carbons (Fsp3) is 0.133. The first-order valence-electron chi connectivity index (χ1n) is 11.7. The zero-order chi connectivity index (χ0) is 24.4. The summed E-state index contributed by atoms with van der Waals surface area (Å²) in [6.07, 6.45) is 0.896. The van der Waals surface area contributed by atoms with Gasteiger partial charge >= 0.3 is 0 Å². The predicted octanol–water partition coefficient (Wildman–Crippen LogP) is 6.33. The molecule has 1 N–H and O–H groups in total. The van der Waals surface area contributed by atoms with Crippen molar-refractivity contribution in [2.45, 2.75) is 20.3 Å². The largest absolute Gasteiger partial charge is 0.494 e. The van der Waals surface area contributed by atoms with Crippen molar-refractivity contribution in [3.8, 4) is 5.75 Å². The Hall–Kier alpha value is -4.38. The normalized spacial score (nSPS) is 13.6. The lowest BCUT2D eigenvalue weighted by atomic mass is 10.0. The summed E-state index contributed by atoms with van der Waals surface area (Å²) >= 11 is 0. The minimum atomic E-state index is -0.387. The summed E-state index contributed by atoms with van der Waals surface area (Å²) in [7, 11) is 0. The second-order valence-corrected chi connectivity index (χ2v) is 8.56. The number of nitrogens with zero attached hydrogens (tertiary/aromatic N) is 1. The van der Waals surface area contributed by atoms with E-state index in [2.05, 4.69) is 5.32 Å². The van der Waals surface area contributed by atoms with E-state index in [0.717, 1.165) is 22.8 Å². The van der Waals surface area contributed by atoms with Crippen LogP contribution in [0.15, 0.2) is 96.7 Å². The molecule has 1 aliphatic heterocycles. The highest BCUT2D eigenvalue weighted by Gasteiger charge is 2.40. The molecule has 0 atom stereocenters. The van der Waals surface area contributed by atoms with Crippen LogP contribution in [-0.4, -0.2) is 18.4 Å². The summed E-state index contributed by atoms with van der Waals surface area (Å²) in [5, 5.41) is 5.04. The molecule has 2 amide bonds. The summed E-state index contributed by atoms with van der Waals surface area (Å²) in [5.74, 6) is -0.0325. The van der Waals surface area contributed by atoms with E-state index >= 15 is 0 Å². The Labute approximate surface area is 204 Å². The molecule has 0 saturated heterocycles. The first-order valence-corrected chi connectivity index (χ1v) is 11.7. The lowest BCUT2D eigenvalue weighted by Crippen LogP contribution is -2.32. The van der Waals surface area contributed by atoms with Gasteiger partial charge in [0.2, 0.25) is 0 Å². The number of nitrogens with one attached hydrogen (secondary N) is 1. The van der Waals surface area contributed by atoms with Gasteiger partial charge in [-0.3, -0.25) is 9.59 Å². The number of benzene rings is 4. The number of rotatable bonds is 7. The van der Waals surface area contributed by atoms with Gasteiger partial charge in [0.15, 0.2) is 0 Å². The van der Waals surface area contributed by atoms with E-state index in [1.54, 1.807) is 0 Å². The standard InChI is InChI=1S/C30H26N2O3/c1-3-18-35-24-11-7-10-23(19-24)31-28-27(22-16-14-20(2)15-17-22)29(33)32(30(28)34)26-13-6-9-21-8-4-5-12-25(21)26/h4-17,19,31H,3,18H2,1-2H3. The third kappa shape index (κ3) is 4.28. The molecule has 0 spiro atoms. The molecule has 174 valence electrons. The molecule has 0 aliphatic carbocycles. The number of hydrogen-bond acceptors (Lipinski definition) is 4. The van der Waals surface area contributed by atoms with Crippen molar-refractivity contribution < 1.29 is 14.3 Å². The molecule has 5 rings (SSSR count). The third-order valence-electron chi connectivity index (χ3n) is 6.01. The zero-order valence-corrected chi connectivity index (χ0v) is 19.7. The topological polar surface area (TPSA) is 58.6 Å². The lowest BCUT2D eigenvalue weighted by Gasteiger charge is -2.18. The minimum Gasteiger partial charge on any atom is -0.494 e. The monoisotopic (exact) mass is 462 g/mol. The average molecular weight is 463 g/mol. The van der Waals surface area contributed by atoms with Crippen LogP contribution < -0.4 is 15.0 Å². The minimum absolute atomic E-state index is 0.249. The second kappa shape index (κ2) is 9.47. The Morgan fingerprint density at radius 2 is 1.57 bits per heavy atom. The number of carbonyl (C=O) groups is 2. The van der Waals surface area contributed by atoms with Crippen LogP contribution in [0.1, 0.15) is 24.5 Å². The molecule has 0 saturated carbocycles. The fourth-order valence-corrected chi connectivity index (χ4v) is 4.28. The van der Waals surface area contributed by atoms with E-state index < -0.39 is 0 Å². The number of fused-ring (bicyclic) bond motifs is 1. The quantitative estimate of drug-likeness (QED) is 0.326. The Kier molecular flexibility index (Phi) is 6.06. The Bertz CT molecular complexity index is 1450. The summed E-state index contributed by atoms with van der Waals surface area (Å²) in [4.78, 5) is 28.9. The highest BCUT2D eigenvalue weighted by Crippen LogP contribution is 2.37. The van der Waals surface area contributed by atoms with Gasteiger partial charge in [-0.15, -0.1) is 0 Å². The van der Waals surface area contributed by atoms with Gasteiger partial charge < -0.3 is 10.1 Å². The van der Waals surface area contributed by atoms with Crippen molar-refractivity contribution in [1.82, 2.24) is 0 Å². The van der Waals surface area contributed by atoms with Crippen LogP contribution in [0, 0.1) is 6.92 Å². The highest BCUT2D eigenvalue weighted by atomic mass is 16.5. The molecule has 1 aliphatic rings. The number of imide groups is 1. The van der Waals surface area contributed by atoms with Crippen molar-refractivity contribution in [3.05, 3.63) is 108 Å². The van der Waals surface area contributed by atoms with Gasteiger partial charge in [-0.1, -0.05) is 79.2 Å². The van der Waals surface area contributed by atoms with Crippen LogP contribution in [0.3, 0.4) is 0 Å². The molecule has 1 heterocycles. The van der Waals surface area contributed by atoms with Gasteiger partial charge in [-0.05, 0) is 42.5 Å². The molecule has 4 aromatic carbocycles. The maximum Gasteiger partial charge on any atom is 0.282 e. The van der Waals surface area contributed by atoms with Crippen molar-refractivity contribution in [1.29, 1.82) is 0 Å². The smallest absolute Gasteiger partial charge is 0.282 e. The second-order valence-electron chi connectivity index (χ2n) is 8.56. The molecule has 0 bridgehead atoms. The number of aryl methyl sites for hydroxylation is 1. The molecule has 0 radical (unpaired) electrons. The summed E-state index contributed by atoms with van der Waals surface area (Å²) < 4.78 is 5.75. The van der Waals surface area contributed by atoms with Crippen molar-refractivity contribution >= 4 is 39.5 Å². The zero-order valence-electron chi connectivity index (χ0n) is 19.7. The van der Waals surface area contributed by atoms with E-state index in [4.69, 9.17) is 4.74 Å². The summed E-state index contributed by atoms with van der Waals surface area (Å²) in [6.45, 7) is 4.64. The molecular formula is C30H26N2O3. The number of amides is 2. The summed E-state index contributed by atoms with van der Waals surface area (Å²) in [5.41, 5.74) is 3.62. The first kappa shape index (κ1) is 22.4. The van der Waals surface area contributed by atoms with Crippen molar-refractivity contribution in [2.75, 3.05) is 16.8 Å². The van der Waals surface area contributed by atoms with Crippen LogP contribution in [0.2, 0.25) is 0 Å². The van der Waals surface area contributed by atoms with Crippen LogP contribution in [0.25, 0.3) is 16.3 Å². The van der Waals surface area contributed by atoms with Gasteiger partial charge in [0.25, 0.3) is 11.8 Å². The third-order valence-corrected chi connectivity index (χ3v) is 6.01. The van der Waals surface area contributed by atoms with Crippen molar-refractivity contribution in [2.24, 2.45) is 0 Å². The Balaban J connectivity index is 1.60. The van der Waals surface area contributed by atoms with E-state index in [9.17, 15) is 9.59 Å². The maximum absolute atomic E-state index is 13.8. The van der Waals surface area contributed by atoms with Crippen LogP contribution in [-0.2, 0) is 9.59 Å². The first-order chi connectivity index (χ1) is 17.1. The molecular weight excluding hydrogens is 436 g/mol. The highest BCUT2D eigenvalue weighted by molar-refractivity contribution is 6.47. The number of hydrogen-bond donors (Lipinski definition) is 1. The molecule has 0 unspecified atom stereocenters. The van der Waals surface area contributed by atoms with E-state index in [1.807, 2.05) is 105 Å². The molecule has 5 nitrogen and oxygen atoms in total. The molecule has 0 fully saturated rings. The van der Waals surface area contributed by atoms with E-state index in [0.29, 0.717) is 34.9 Å². The number of ether oxygens (including phenoxy) is 1. The van der Waals surface area contributed by atoms with Crippen LogP contribution >= 0.6 is 0 Å². The SMILES string of the molecule is CCCOc1cccc(NC2=C(c3ccc(C)cc3)C(=O)N(c3cccc4ccccc34)C2=O)c1. The average Bonchev–Trinajstić information content (AvgIpc) is 3.12. The van der Waals surface area contributed by atoms with Crippen LogP contribution in [0.5, 0.6) is 5.75 Å². The Morgan fingerprint density at radius 1 is 0.829 bits per heavy atom. The number of anilines is 2. The van der Waals surface area contributed by atoms with Crippen LogP contribution in [0.4, 0.5) is 11.4 Å². The molecule has 4 aromatic rings. The van der Waals surface area contributed by atoms with Gasteiger partial charge in [0.05, 0.1) is 17.9 Å². The molecule has 35 heavy (non-hydrogen) atoms. The lowest BCUT2D eigenvalue weighted by molar-refractivity contribution is -0.120. The predicted molar refractivity (Wildman–Crippen MR) is 140 cm³/mol. The fourth-order valence-electron chi connectivity index (χ4n) is 4.28. The molecule has 5 heteroatoms. The number of carbonyl (C=O) groups excluding carboxylic acids is 2.